The van der Waals surface area contributed by atoms with Gasteiger partial charge in [-0.25, -0.2) is 0 Å². The average Bonchev–Trinajstić information content (AvgIpc) is 3.22. The molecular weight excluding hydrogens is 394 g/mol. The normalized spacial score (nSPS) is 29.2. The molecule has 3 nitrogen and oxygen atoms in total. The Hall–Kier alpha value is -1.42. The first-order valence-electron chi connectivity index (χ1n) is 13.1. The molecule has 176 valence electrons. The van der Waals surface area contributed by atoms with Gasteiger partial charge in [0, 0.05) is 26.2 Å². The van der Waals surface area contributed by atoms with Crippen LogP contribution in [0.5, 0.6) is 0 Å². The van der Waals surface area contributed by atoms with Crippen LogP contribution >= 0.6 is 0 Å². The SMILES string of the molecule is c1ccccc(CNCCC2(C3CCCCCCC3)CCOC3(CCOC3)C2)cccc1. The zero-order valence-electron chi connectivity index (χ0n) is 19.9. The van der Waals surface area contributed by atoms with E-state index < -0.39 is 0 Å². The van der Waals surface area contributed by atoms with Crippen LogP contribution in [0, 0.1) is 11.3 Å². The van der Waals surface area contributed by atoms with E-state index in [1.165, 1.54) is 69.8 Å². The van der Waals surface area contributed by atoms with Crippen molar-refractivity contribution in [3.05, 3.63) is 60.2 Å². The van der Waals surface area contributed by atoms with Gasteiger partial charge in [0.25, 0.3) is 0 Å². The van der Waals surface area contributed by atoms with Crippen LogP contribution in [-0.2, 0) is 16.0 Å². The van der Waals surface area contributed by atoms with Crippen LogP contribution < -0.4 is 5.32 Å². The molecule has 1 aliphatic carbocycles. The molecule has 0 aromatic heterocycles. The van der Waals surface area contributed by atoms with E-state index in [1.54, 1.807) is 0 Å². The highest BCUT2D eigenvalue weighted by atomic mass is 16.6. The minimum atomic E-state index is -0.00712. The summed E-state index contributed by atoms with van der Waals surface area (Å²) in [6, 6.07) is 19.1. The van der Waals surface area contributed by atoms with E-state index in [2.05, 4.69) is 59.9 Å². The molecule has 3 heteroatoms. The summed E-state index contributed by atoms with van der Waals surface area (Å²) in [6.07, 6.45) is 14.7. The van der Waals surface area contributed by atoms with Crippen LogP contribution in [0.3, 0.4) is 0 Å². The van der Waals surface area contributed by atoms with Gasteiger partial charge in [0.15, 0.2) is 0 Å². The zero-order valence-corrected chi connectivity index (χ0v) is 19.9. The molecule has 1 aromatic carbocycles. The summed E-state index contributed by atoms with van der Waals surface area (Å²) >= 11 is 0. The summed E-state index contributed by atoms with van der Waals surface area (Å²) in [5, 5.41) is 3.79. The van der Waals surface area contributed by atoms with E-state index in [-0.39, 0.29) is 5.60 Å². The molecule has 1 saturated carbocycles. The van der Waals surface area contributed by atoms with Crippen molar-refractivity contribution in [1.29, 1.82) is 0 Å². The summed E-state index contributed by atoms with van der Waals surface area (Å²) in [7, 11) is 0. The molecular formula is C29H43NO2. The fourth-order valence-corrected chi connectivity index (χ4v) is 6.35. The van der Waals surface area contributed by atoms with Gasteiger partial charge >= 0.3 is 0 Å². The molecule has 2 heterocycles. The Balaban J connectivity index is 1.42. The van der Waals surface area contributed by atoms with Crippen molar-refractivity contribution in [2.24, 2.45) is 11.3 Å². The summed E-state index contributed by atoms with van der Waals surface area (Å²) in [5.41, 5.74) is 1.73. The van der Waals surface area contributed by atoms with Gasteiger partial charge in [-0.05, 0) is 55.5 Å². The monoisotopic (exact) mass is 437 g/mol. The van der Waals surface area contributed by atoms with E-state index in [1.807, 2.05) is 0 Å². The number of nitrogens with one attached hydrogen (secondary N) is 1. The topological polar surface area (TPSA) is 30.5 Å². The van der Waals surface area contributed by atoms with Gasteiger partial charge in [-0.15, -0.1) is 0 Å². The van der Waals surface area contributed by atoms with Crippen LogP contribution in [-0.4, -0.2) is 32.0 Å². The number of ether oxygens (including phenoxy) is 2. The third-order valence-corrected chi connectivity index (χ3v) is 8.14. The minimum absolute atomic E-state index is 0.00712. The predicted molar refractivity (Wildman–Crippen MR) is 132 cm³/mol. The van der Waals surface area contributed by atoms with Crippen LogP contribution in [0.4, 0.5) is 0 Å². The first kappa shape index (κ1) is 23.7. The van der Waals surface area contributed by atoms with Crippen molar-refractivity contribution < 1.29 is 9.47 Å². The molecule has 2 unspecified atom stereocenters. The molecule has 3 aliphatic rings. The first-order valence-corrected chi connectivity index (χ1v) is 13.1. The van der Waals surface area contributed by atoms with Gasteiger partial charge in [0.05, 0.1) is 12.2 Å². The Kier molecular flexibility index (Phi) is 9.01. The molecule has 1 spiro atoms. The molecule has 4 rings (SSSR count). The van der Waals surface area contributed by atoms with Crippen molar-refractivity contribution in [3.63, 3.8) is 0 Å². The van der Waals surface area contributed by atoms with Crippen molar-refractivity contribution >= 4 is 0 Å². The lowest BCUT2D eigenvalue weighted by molar-refractivity contribution is -0.146. The number of hydrogen-bond donors (Lipinski definition) is 1. The maximum absolute atomic E-state index is 6.39. The second-order valence-electron chi connectivity index (χ2n) is 10.3. The lowest BCUT2D eigenvalue weighted by Crippen LogP contribution is -2.50. The van der Waals surface area contributed by atoms with E-state index in [4.69, 9.17) is 9.47 Å². The van der Waals surface area contributed by atoms with Gasteiger partial charge in [-0.1, -0.05) is 86.7 Å². The largest absolute Gasteiger partial charge is 0.378 e. The molecule has 2 aliphatic heterocycles. The Morgan fingerprint density at radius 3 is 2.19 bits per heavy atom. The molecule has 32 heavy (non-hydrogen) atoms. The predicted octanol–water partition coefficient (Wildman–Crippen LogP) is 6.61. The Morgan fingerprint density at radius 2 is 1.50 bits per heavy atom. The second kappa shape index (κ2) is 12.2. The van der Waals surface area contributed by atoms with Gasteiger partial charge in [-0.3, -0.25) is 0 Å². The van der Waals surface area contributed by atoms with E-state index in [0.717, 1.165) is 45.2 Å². The molecule has 1 N–H and O–H groups in total. The average molecular weight is 438 g/mol. The highest BCUT2D eigenvalue weighted by Gasteiger charge is 2.50. The summed E-state index contributed by atoms with van der Waals surface area (Å²) in [5.74, 6) is 0.846. The maximum atomic E-state index is 6.39. The number of rotatable bonds is 6. The summed E-state index contributed by atoms with van der Waals surface area (Å²) in [6.45, 7) is 4.60. The highest BCUT2D eigenvalue weighted by molar-refractivity contribution is 5.12. The van der Waals surface area contributed by atoms with Gasteiger partial charge < -0.3 is 14.8 Å². The molecule has 2 saturated heterocycles. The van der Waals surface area contributed by atoms with Crippen LogP contribution in [0.2, 0.25) is 0 Å². The maximum Gasteiger partial charge on any atom is 0.0942 e. The second-order valence-corrected chi connectivity index (χ2v) is 10.3. The van der Waals surface area contributed by atoms with E-state index >= 15 is 0 Å². The van der Waals surface area contributed by atoms with E-state index in [9.17, 15) is 0 Å². The third kappa shape index (κ3) is 6.56. The van der Waals surface area contributed by atoms with Crippen molar-refractivity contribution in [2.75, 3.05) is 26.4 Å². The highest BCUT2D eigenvalue weighted by Crippen LogP contribution is 2.52. The van der Waals surface area contributed by atoms with Gasteiger partial charge in [0.1, 0.15) is 0 Å². The van der Waals surface area contributed by atoms with Crippen LogP contribution in [0.15, 0.2) is 54.6 Å². The van der Waals surface area contributed by atoms with Crippen molar-refractivity contribution in [2.45, 2.75) is 82.8 Å². The number of hydrogen-bond acceptors (Lipinski definition) is 3. The van der Waals surface area contributed by atoms with Crippen LogP contribution in [0.25, 0.3) is 0 Å². The first-order chi connectivity index (χ1) is 15.8. The third-order valence-electron chi connectivity index (χ3n) is 8.14. The zero-order chi connectivity index (χ0) is 22.0. The Morgan fingerprint density at radius 1 is 0.812 bits per heavy atom. The van der Waals surface area contributed by atoms with Crippen LogP contribution in [0.1, 0.15) is 76.2 Å². The molecule has 0 amide bonds. The summed E-state index contributed by atoms with van der Waals surface area (Å²) in [4.78, 5) is 0. The summed E-state index contributed by atoms with van der Waals surface area (Å²) < 4.78 is 12.2. The molecule has 0 bridgehead atoms. The molecule has 1 aromatic rings. The van der Waals surface area contributed by atoms with Gasteiger partial charge in [-0.2, -0.15) is 0 Å². The Bertz CT molecular complexity index is 710. The fraction of sp³-hybridized carbons (Fsp3) is 0.655. The standard InChI is InChI=1S/C29H43NO2/c1-2-5-9-13-26(14-10-6-3-1)23-30-20-17-28(27-15-11-7-4-8-12-16-27)18-22-32-29(24-28)19-21-31-25-29/h1-3,5-6,9-10,13-14,27,30H,4,7-8,11-12,15-25H2. The fourth-order valence-electron chi connectivity index (χ4n) is 6.35. The van der Waals surface area contributed by atoms with Gasteiger partial charge in [0.2, 0.25) is 0 Å². The van der Waals surface area contributed by atoms with E-state index in [0.29, 0.717) is 5.41 Å². The lowest BCUT2D eigenvalue weighted by Gasteiger charge is -2.51. The molecule has 0 radical (unpaired) electrons. The minimum Gasteiger partial charge on any atom is -0.378 e. The van der Waals surface area contributed by atoms with Crippen molar-refractivity contribution in [1.82, 2.24) is 5.32 Å². The smallest absolute Gasteiger partial charge is 0.0942 e. The Labute approximate surface area is 195 Å². The molecule has 2 atom stereocenters. The molecule has 3 fully saturated rings. The quantitative estimate of drug-likeness (QED) is 0.508. The van der Waals surface area contributed by atoms with Crippen molar-refractivity contribution in [3.8, 4) is 0 Å². The lowest BCUT2D eigenvalue weighted by atomic mass is 9.60.